The first-order valence-electron chi connectivity index (χ1n) is 6.59. The zero-order chi connectivity index (χ0) is 14.7. The molecule has 4 nitrogen and oxygen atoms in total. The topological polar surface area (TPSA) is 55.5 Å². The largest absolute Gasteiger partial charge is 0.487 e. The van der Waals surface area contributed by atoms with Crippen LogP contribution in [0.25, 0.3) is 10.8 Å². The van der Waals surface area contributed by atoms with Gasteiger partial charge in [0.2, 0.25) is 5.89 Å². The van der Waals surface area contributed by atoms with Crippen LogP contribution in [0.1, 0.15) is 17.0 Å². The van der Waals surface area contributed by atoms with E-state index < -0.39 is 0 Å². The molecule has 0 unspecified atom stereocenters. The Morgan fingerprint density at radius 2 is 2.05 bits per heavy atom. The highest BCUT2D eigenvalue weighted by Crippen LogP contribution is 2.26. The van der Waals surface area contributed by atoms with E-state index in [1.54, 1.807) is 11.3 Å². The van der Waals surface area contributed by atoms with Gasteiger partial charge in [-0.15, -0.1) is 11.3 Å². The summed E-state index contributed by atoms with van der Waals surface area (Å²) in [5, 5.41) is 11.0. The lowest BCUT2D eigenvalue weighted by molar-refractivity contribution is 0.280. The van der Waals surface area contributed by atoms with Crippen molar-refractivity contribution in [1.29, 1.82) is 0 Å². The number of benzene rings is 1. The second-order valence-corrected chi connectivity index (χ2v) is 5.54. The van der Waals surface area contributed by atoms with Gasteiger partial charge in [-0.3, -0.25) is 0 Å². The number of ether oxygens (including phenoxy) is 1. The van der Waals surface area contributed by atoms with Gasteiger partial charge in [-0.2, -0.15) is 0 Å². The Balaban J connectivity index is 1.70. The van der Waals surface area contributed by atoms with Crippen LogP contribution in [0, 0.1) is 6.92 Å². The summed E-state index contributed by atoms with van der Waals surface area (Å²) in [6, 6.07) is 11.3. The van der Waals surface area contributed by atoms with Crippen molar-refractivity contribution in [3.05, 3.63) is 58.8 Å². The van der Waals surface area contributed by atoms with Gasteiger partial charge in [0, 0.05) is 0 Å². The van der Waals surface area contributed by atoms with E-state index in [-0.39, 0.29) is 6.61 Å². The number of aliphatic hydroxyl groups excluding tert-OH is 1. The first kappa shape index (κ1) is 13.9. The van der Waals surface area contributed by atoms with E-state index in [1.165, 1.54) is 0 Å². The minimum Gasteiger partial charge on any atom is -0.487 e. The fourth-order valence-electron chi connectivity index (χ4n) is 1.91. The van der Waals surface area contributed by atoms with Gasteiger partial charge < -0.3 is 14.3 Å². The second kappa shape index (κ2) is 6.11. The molecule has 2 heterocycles. The molecule has 0 saturated carbocycles. The van der Waals surface area contributed by atoms with E-state index >= 15 is 0 Å². The van der Waals surface area contributed by atoms with Crippen molar-refractivity contribution in [2.45, 2.75) is 20.1 Å². The highest BCUT2D eigenvalue weighted by atomic mass is 32.1. The molecule has 3 rings (SSSR count). The predicted octanol–water partition coefficient (Wildman–Crippen LogP) is 3.78. The third-order valence-electron chi connectivity index (χ3n) is 3.11. The van der Waals surface area contributed by atoms with E-state index in [0.717, 1.165) is 27.6 Å². The molecule has 0 atom stereocenters. The molecule has 2 aromatic heterocycles. The number of rotatable bonds is 5. The molecule has 0 saturated heterocycles. The van der Waals surface area contributed by atoms with Crippen LogP contribution in [0.5, 0.6) is 5.75 Å². The molecule has 0 aliphatic heterocycles. The van der Waals surface area contributed by atoms with Crippen molar-refractivity contribution in [3.63, 3.8) is 0 Å². The van der Waals surface area contributed by atoms with E-state index in [4.69, 9.17) is 14.3 Å². The Bertz CT molecular complexity index is 702. The molecular weight excluding hydrogens is 286 g/mol. The van der Waals surface area contributed by atoms with Gasteiger partial charge >= 0.3 is 0 Å². The third kappa shape index (κ3) is 3.15. The number of thiophene rings is 1. The third-order valence-corrected chi connectivity index (χ3v) is 3.96. The monoisotopic (exact) mass is 301 g/mol. The zero-order valence-corrected chi connectivity index (χ0v) is 12.4. The number of aromatic nitrogens is 1. The lowest BCUT2D eigenvalue weighted by Crippen LogP contribution is -1.97. The number of oxazole rings is 1. The summed E-state index contributed by atoms with van der Waals surface area (Å²) in [6.07, 6.45) is 0. The molecule has 0 fully saturated rings. The van der Waals surface area contributed by atoms with Crippen molar-refractivity contribution in [3.8, 4) is 16.5 Å². The minimum absolute atomic E-state index is 0.0346. The van der Waals surface area contributed by atoms with Gasteiger partial charge in [0.1, 0.15) is 23.8 Å². The lowest BCUT2D eigenvalue weighted by atomic mass is 10.2. The molecule has 0 amide bonds. The average Bonchev–Trinajstić information content (AvgIpc) is 3.15. The predicted molar refractivity (Wildman–Crippen MR) is 81.2 cm³/mol. The first-order valence-corrected chi connectivity index (χ1v) is 7.47. The van der Waals surface area contributed by atoms with Crippen LogP contribution in [0.15, 0.2) is 46.2 Å². The number of aryl methyl sites for hydroxylation is 1. The molecule has 1 aromatic carbocycles. The summed E-state index contributed by atoms with van der Waals surface area (Å²) in [7, 11) is 0. The Labute approximate surface area is 126 Å². The van der Waals surface area contributed by atoms with E-state index in [2.05, 4.69) is 4.98 Å². The fraction of sp³-hybridized carbons (Fsp3) is 0.188. The van der Waals surface area contributed by atoms with Crippen molar-refractivity contribution in [1.82, 2.24) is 4.98 Å². The van der Waals surface area contributed by atoms with Crippen LogP contribution in [0.3, 0.4) is 0 Å². The summed E-state index contributed by atoms with van der Waals surface area (Å²) in [5.41, 5.74) is 1.66. The molecule has 0 bridgehead atoms. The van der Waals surface area contributed by atoms with Gasteiger partial charge in [-0.05, 0) is 36.1 Å². The van der Waals surface area contributed by atoms with E-state index in [1.807, 2.05) is 48.7 Å². The Morgan fingerprint density at radius 3 is 2.71 bits per heavy atom. The Kier molecular flexibility index (Phi) is 4.03. The van der Waals surface area contributed by atoms with E-state index in [9.17, 15) is 0 Å². The average molecular weight is 301 g/mol. The maximum atomic E-state index is 9.00. The molecule has 0 aliphatic carbocycles. The van der Waals surface area contributed by atoms with Gasteiger partial charge in [0.05, 0.1) is 11.5 Å². The lowest BCUT2D eigenvalue weighted by Gasteiger charge is -2.05. The first-order chi connectivity index (χ1) is 10.3. The number of nitrogens with zero attached hydrogens (tertiary/aromatic N) is 1. The maximum Gasteiger partial charge on any atom is 0.236 e. The SMILES string of the molecule is Cc1oc(-c2cccs2)nc1COc1ccc(CO)cc1. The highest BCUT2D eigenvalue weighted by Gasteiger charge is 2.12. The highest BCUT2D eigenvalue weighted by molar-refractivity contribution is 7.13. The van der Waals surface area contributed by atoms with Crippen molar-refractivity contribution in [2.75, 3.05) is 0 Å². The van der Waals surface area contributed by atoms with Crippen molar-refractivity contribution < 1.29 is 14.3 Å². The van der Waals surface area contributed by atoms with Crippen LogP contribution < -0.4 is 4.74 Å². The summed E-state index contributed by atoms with van der Waals surface area (Å²) >= 11 is 1.60. The molecule has 0 radical (unpaired) electrons. The van der Waals surface area contributed by atoms with Crippen molar-refractivity contribution in [2.24, 2.45) is 0 Å². The maximum absolute atomic E-state index is 9.00. The Morgan fingerprint density at radius 1 is 1.24 bits per heavy atom. The van der Waals surface area contributed by atoms with Gasteiger partial charge in [0.25, 0.3) is 0 Å². The van der Waals surface area contributed by atoms with Crippen LogP contribution in [0.4, 0.5) is 0 Å². The Hall–Kier alpha value is -2.11. The molecule has 1 N–H and O–H groups in total. The number of hydrogen-bond acceptors (Lipinski definition) is 5. The normalized spacial score (nSPS) is 10.8. The van der Waals surface area contributed by atoms with Crippen molar-refractivity contribution >= 4 is 11.3 Å². The molecule has 21 heavy (non-hydrogen) atoms. The van der Waals surface area contributed by atoms with Crippen LogP contribution in [-0.2, 0) is 13.2 Å². The van der Waals surface area contributed by atoms with Crippen LogP contribution in [0.2, 0.25) is 0 Å². The van der Waals surface area contributed by atoms with Gasteiger partial charge in [0.15, 0.2) is 0 Å². The fourth-order valence-corrected chi connectivity index (χ4v) is 2.56. The second-order valence-electron chi connectivity index (χ2n) is 4.59. The van der Waals surface area contributed by atoms with Gasteiger partial charge in [-0.1, -0.05) is 18.2 Å². The summed E-state index contributed by atoms with van der Waals surface area (Å²) in [4.78, 5) is 5.49. The van der Waals surface area contributed by atoms with Crippen LogP contribution in [-0.4, -0.2) is 10.1 Å². The standard InChI is InChI=1S/C16H15NO3S/c1-11-14(17-16(20-11)15-3-2-8-21-15)10-19-13-6-4-12(9-18)5-7-13/h2-8,18H,9-10H2,1H3. The molecule has 3 aromatic rings. The zero-order valence-electron chi connectivity index (χ0n) is 11.6. The summed E-state index contributed by atoms with van der Waals surface area (Å²) < 4.78 is 11.4. The summed E-state index contributed by atoms with van der Waals surface area (Å²) in [6.45, 7) is 2.28. The summed E-state index contributed by atoms with van der Waals surface area (Å²) in [5.74, 6) is 2.15. The van der Waals surface area contributed by atoms with Gasteiger partial charge in [-0.25, -0.2) is 4.98 Å². The molecule has 0 spiro atoms. The molecular formula is C16H15NO3S. The van der Waals surface area contributed by atoms with Crippen LogP contribution >= 0.6 is 11.3 Å². The molecule has 5 heteroatoms. The molecule has 0 aliphatic rings. The molecule has 108 valence electrons. The quantitative estimate of drug-likeness (QED) is 0.779. The number of hydrogen-bond donors (Lipinski definition) is 1. The van der Waals surface area contributed by atoms with E-state index in [0.29, 0.717) is 12.5 Å². The minimum atomic E-state index is 0.0346. The number of aliphatic hydroxyl groups is 1. The smallest absolute Gasteiger partial charge is 0.236 e.